The summed E-state index contributed by atoms with van der Waals surface area (Å²) in [7, 11) is 1.72. The van der Waals surface area contributed by atoms with Crippen molar-refractivity contribution in [1.82, 2.24) is 5.32 Å². The largest absolute Gasteiger partial charge is 0.457 e. The highest BCUT2D eigenvalue weighted by molar-refractivity contribution is 7.21. The molecule has 0 saturated heterocycles. The van der Waals surface area contributed by atoms with Crippen molar-refractivity contribution in [2.24, 2.45) is 11.5 Å². The van der Waals surface area contributed by atoms with E-state index in [1.54, 1.807) is 25.3 Å². The van der Waals surface area contributed by atoms with Gasteiger partial charge < -0.3 is 32.0 Å². The Hall–Kier alpha value is -3.76. The number of methoxy groups -OCH3 is 1. The molecule has 1 fully saturated rings. The zero-order valence-electron chi connectivity index (χ0n) is 23.1. The maximum Gasteiger partial charge on any atom is 0.261 e. The molecule has 3 aromatic carbocycles. The molecule has 212 valence electrons. The van der Waals surface area contributed by atoms with Gasteiger partial charge in [-0.25, -0.2) is 0 Å². The molecule has 6 rings (SSSR count). The number of Topliss-reactive ketones (excluding diaryl/α,β-unsaturated/α-hetero) is 1. The molecule has 4 aromatic rings. The van der Waals surface area contributed by atoms with Crippen LogP contribution in [-0.4, -0.2) is 30.9 Å². The minimum atomic E-state index is -1.53. The number of nitrogens with one attached hydrogen (secondary N) is 1. The summed E-state index contributed by atoms with van der Waals surface area (Å²) in [5.41, 5.74) is 21.7. The molecule has 1 heterocycles. The smallest absolute Gasteiger partial charge is 0.261 e. The van der Waals surface area contributed by atoms with Crippen LogP contribution in [0.3, 0.4) is 0 Å². The lowest BCUT2D eigenvalue weighted by atomic mass is 9.69. The van der Waals surface area contributed by atoms with Crippen LogP contribution in [0.15, 0.2) is 60.7 Å². The quantitative estimate of drug-likeness (QED) is 0.237. The van der Waals surface area contributed by atoms with Gasteiger partial charge in [0.2, 0.25) is 0 Å². The van der Waals surface area contributed by atoms with E-state index >= 15 is 0 Å². The molecule has 0 bridgehead atoms. The predicted octanol–water partition coefficient (Wildman–Crippen LogP) is 5.06. The maximum absolute atomic E-state index is 14.1. The second-order valence-corrected chi connectivity index (χ2v) is 12.0. The van der Waals surface area contributed by atoms with Gasteiger partial charge in [-0.15, -0.1) is 11.3 Å². The fraction of sp³-hybridized carbons (Fsp3) is 0.312. The summed E-state index contributed by atoms with van der Waals surface area (Å²) >= 11 is 1.27. The summed E-state index contributed by atoms with van der Waals surface area (Å²) in [4.78, 5) is 28.2. The van der Waals surface area contributed by atoms with Crippen LogP contribution in [0.25, 0.3) is 10.1 Å². The van der Waals surface area contributed by atoms with Gasteiger partial charge in [0.1, 0.15) is 17.0 Å². The van der Waals surface area contributed by atoms with Crippen molar-refractivity contribution >= 4 is 38.8 Å². The maximum atomic E-state index is 14.1. The monoisotopic (exact) mass is 570 g/mol. The van der Waals surface area contributed by atoms with Crippen LogP contribution < -0.4 is 27.3 Å². The average Bonchev–Trinajstić information content (AvgIpc) is 3.38. The molecule has 9 heteroatoms. The number of rotatable bonds is 6. The number of ether oxygens (including phenoxy) is 2. The van der Waals surface area contributed by atoms with Gasteiger partial charge >= 0.3 is 0 Å². The Balaban J connectivity index is 1.40. The van der Waals surface area contributed by atoms with Gasteiger partial charge in [0.05, 0.1) is 21.7 Å². The number of aryl methyl sites for hydroxylation is 1. The van der Waals surface area contributed by atoms with Gasteiger partial charge in [-0.2, -0.15) is 0 Å². The first-order chi connectivity index (χ1) is 19.7. The molecule has 1 aromatic heterocycles. The zero-order valence-corrected chi connectivity index (χ0v) is 23.9. The van der Waals surface area contributed by atoms with Crippen molar-refractivity contribution in [1.29, 1.82) is 0 Å². The Morgan fingerprint density at radius 2 is 1.71 bits per heavy atom. The number of ketones is 1. The first kappa shape index (κ1) is 27.4. The minimum absolute atomic E-state index is 0.0338. The first-order valence-corrected chi connectivity index (χ1v) is 14.7. The number of nitrogen functional groups attached to an aromatic ring is 1. The lowest BCUT2D eigenvalue weighted by Gasteiger charge is -2.37. The third kappa shape index (κ3) is 4.59. The van der Waals surface area contributed by atoms with Crippen molar-refractivity contribution in [2.75, 3.05) is 12.8 Å². The van der Waals surface area contributed by atoms with E-state index in [4.69, 9.17) is 26.7 Å². The molecule has 8 nitrogen and oxygen atoms in total. The summed E-state index contributed by atoms with van der Waals surface area (Å²) in [6.45, 7) is 1.90. The number of nitrogens with two attached hydrogens (primary N) is 3. The average molecular weight is 571 g/mol. The Morgan fingerprint density at radius 3 is 2.39 bits per heavy atom. The number of benzene rings is 3. The van der Waals surface area contributed by atoms with Gasteiger partial charge in [0, 0.05) is 29.8 Å². The van der Waals surface area contributed by atoms with E-state index < -0.39 is 11.6 Å². The van der Waals surface area contributed by atoms with Crippen LogP contribution in [0.4, 0.5) is 5.69 Å². The molecule has 2 aliphatic carbocycles. The lowest BCUT2D eigenvalue weighted by molar-refractivity contribution is -0.124. The highest BCUT2D eigenvalue weighted by atomic mass is 32.1. The SMILES string of the molecule is COC1CCC(NC(=O)c2sc3c(N)ccc4c3c2C(N)C(=O)C4(N)c2ccc(Oc3ccccc3)cc2C)CC1. The first-order valence-electron chi connectivity index (χ1n) is 13.8. The third-order valence-electron chi connectivity index (χ3n) is 8.46. The van der Waals surface area contributed by atoms with Gasteiger partial charge in [-0.1, -0.05) is 30.3 Å². The fourth-order valence-corrected chi connectivity index (χ4v) is 7.49. The van der Waals surface area contributed by atoms with E-state index in [1.165, 1.54) is 11.3 Å². The van der Waals surface area contributed by atoms with Gasteiger partial charge in [0.15, 0.2) is 5.78 Å². The summed E-state index contributed by atoms with van der Waals surface area (Å²) in [6, 6.07) is 17.4. The lowest BCUT2D eigenvalue weighted by Crippen LogP contribution is -2.53. The second-order valence-electron chi connectivity index (χ2n) is 11.0. The second kappa shape index (κ2) is 10.6. The Bertz CT molecular complexity index is 1640. The van der Waals surface area contributed by atoms with Crippen molar-refractivity contribution in [3.8, 4) is 11.5 Å². The molecule has 41 heavy (non-hydrogen) atoms. The standard InChI is InChI=1S/C32H34N4O4S/c1-17-16-21(40-20-6-4-3-5-7-20)12-13-22(17)32(35)23-14-15-24(33)28-25(23)26(27(34)30(32)37)29(41-28)31(38)36-18-8-10-19(39-2)11-9-18/h3-7,12-16,18-19,27H,8-11,33-35H2,1-2H3,(H,36,38). The van der Waals surface area contributed by atoms with Gasteiger partial charge in [-0.3, -0.25) is 9.59 Å². The highest BCUT2D eigenvalue weighted by Gasteiger charge is 2.49. The van der Waals surface area contributed by atoms with E-state index in [0.29, 0.717) is 48.8 Å². The zero-order chi connectivity index (χ0) is 28.9. The normalized spacial score (nSPS) is 23.9. The summed E-state index contributed by atoms with van der Waals surface area (Å²) < 4.78 is 12.2. The number of carbonyl (C=O) groups is 2. The third-order valence-corrected chi connectivity index (χ3v) is 9.72. The number of thiophene rings is 1. The van der Waals surface area contributed by atoms with Gasteiger partial charge in [-0.05, 0) is 79.6 Å². The van der Waals surface area contributed by atoms with Crippen molar-refractivity contribution in [2.45, 2.75) is 56.3 Å². The molecule has 1 saturated carbocycles. The van der Waals surface area contributed by atoms with Crippen molar-refractivity contribution in [3.05, 3.63) is 87.8 Å². The van der Waals surface area contributed by atoms with Crippen molar-refractivity contribution in [3.63, 3.8) is 0 Å². The Kier molecular flexibility index (Phi) is 7.07. The number of hydrogen-bond acceptors (Lipinski definition) is 8. The van der Waals surface area contributed by atoms with Crippen LogP contribution >= 0.6 is 11.3 Å². The van der Waals surface area contributed by atoms with Crippen LogP contribution in [0.2, 0.25) is 0 Å². The molecule has 2 unspecified atom stereocenters. The van der Waals surface area contributed by atoms with Crippen LogP contribution in [0.5, 0.6) is 11.5 Å². The topological polar surface area (TPSA) is 143 Å². The van der Waals surface area contributed by atoms with Crippen LogP contribution in [0, 0.1) is 6.92 Å². The van der Waals surface area contributed by atoms with Crippen molar-refractivity contribution < 1.29 is 19.1 Å². The number of amides is 1. The van der Waals surface area contributed by atoms with E-state index in [-0.39, 0.29) is 23.8 Å². The van der Waals surface area contributed by atoms with E-state index in [0.717, 1.165) is 31.2 Å². The fourth-order valence-electron chi connectivity index (χ4n) is 6.29. The molecule has 2 atom stereocenters. The van der Waals surface area contributed by atoms with Gasteiger partial charge in [0.25, 0.3) is 5.91 Å². The van der Waals surface area contributed by atoms with E-state index in [2.05, 4.69) is 5.32 Å². The number of anilines is 1. The van der Waals surface area contributed by atoms with E-state index in [9.17, 15) is 9.59 Å². The number of hydrogen-bond donors (Lipinski definition) is 4. The van der Waals surface area contributed by atoms with E-state index in [1.807, 2.05) is 49.4 Å². The summed E-state index contributed by atoms with van der Waals surface area (Å²) in [5, 5.41) is 3.86. The molecule has 0 aliphatic heterocycles. The number of para-hydroxylation sites is 1. The molecule has 0 radical (unpaired) electrons. The predicted molar refractivity (Wildman–Crippen MR) is 161 cm³/mol. The molecule has 1 amide bonds. The molecule has 0 spiro atoms. The van der Waals surface area contributed by atoms with Crippen LogP contribution in [-0.2, 0) is 15.1 Å². The minimum Gasteiger partial charge on any atom is -0.457 e. The molecular weight excluding hydrogens is 536 g/mol. The van der Waals surface area contributed by atoms with Crippen LogP contribution in [0.1, 0.15) is 63.7 Å². The number of carbonyl (C=O) groups excluding carboxylic acids is 2. The molecular formula is C32H34N4O4S. The summed E-state index contributed by atoms with van der Waals surface area (Å²) in [5.74, 6) is 0.729. The molecule has 7 N–H and O–H groups in total. The molecule has 2 aliphatic rings. The Morgan fingerprint density at radius 1 is 1.00 bits per heavy atom. The Labute approximate surface area is 242 Å². The summed E-state index contributed by atoms with van der Waals surface area (Å²) in [6.07, 6.45) is 3.66. The highest BCUT2D eigenvalue weighted by Crippen LogP contribution is 2.50.